The van der Waals surface area contributed by atoms with Crippen molar-refractivity contribution in [2.45, 2.75) is 46.3 Å². The Morgan fingerprint density at radius 1 is 1.38 bits per heavy atom. The molecule has 1 saturated heterocycles. The maximum absolute atomic E-state index is 11.1. The summed E-state index contributed by atoms with van der Waals surface area (Å²) in [4.78, 5) is 23.4. The molecule has 1 aliphatic heterocycles. The van der Waals surface area contributed by atoms with Gasteiger partial charge in [0.25, 0.3) is 0 Å². The number of carbonyl (C=O) groups excluding carboxylic acids is 1. The molecule has 1 aliphatic rings. The van der Waals surface area contributed by atoms with Gasteiger partial charge in [0.15, 0.2) is 5.13 Å². The van der Waals surface area contributed by atoms with Crippen LogP contribution in [0, 0.1) is 13.8 Å². The van der Waals surface area contributed by atoms with E-state index in [2.05, 4.69) is 32.3 Å². The molecule has 26 heavy (non-hydrogen) atoms. The second-order valence-electron chi connectivity index (χ2n) is 6.86. The molecule has 3 heterocycles. The number of anilines is 1. The van der Waals surface area contributed by atoms with Gasteiger partial charge in [-0.2, -0.15) is 0 Å². The van der Waals surface area contributed by atoms with E-state index in [-0.39, 0.29) is 12.0 Å². The van der Waals surface area contributed by atoms with Gasteiger partial charge in [-0.3, -0.25) is 14.7 Å². The molecule has 0 radical (unpaired) electrons. The molecule has 140 valence electrons. The lowest BCUT2D eigenvalue weighted by Crippen LogP contribution is -2.32. The Hall–Kier alpha value is -1.83. The van der Waals surface area contributed by atoms with Crippen LogP contribution < -0.4 is 5.32 Å². The summed E-state index contributed by atoms with van der Waals surface area (Å²) in [6.07, 6.45) is 3.97. The Labute approximate surface area is 158 Å². The number of carbonyl (C=O) groups is 1. The number of nitrogens with one attached hydrogen (secondary N) is 1. The number of aryl methyl sites for hydroxylation is 2. The van der Waals surface area contributed by atoms with Crippen molar-refractivity contribution in [1.82, 2.24) is 14.9 Å². The van der Waals surface area contributed by atoms with Crippen molar-refractivity contribution in [2.75, 3.05) is 25.0 Å². The summed E-state index contributed by atoms with van der Waals surface area (Å²) < 4.78 is 6.08. The van der Waals surface area contributed by atoms with Crippen LogP contribution in [0.15, 0.2) is 18.3 Å². The third-order valence-electron chi connectivity index (χ3n) is 4.25. The van der Waals surface area contributed by atoms with Crippen molar-refractivity contribution in [3.05, 3.63) is 40.2 Å². The van der Waals surface area contributed by atoms with E-state index in [1.54, 1.807) is 0 Å². The second kappa shape index (κ2) is 8.70. The fourth-order valence-electron chi connectivity index (χ4n) is 3.35. The van der Waals surface area contributed by atoms with Crippen molar-refractivity contribution in [3.63, 3.8) is 0 Å². The van der Waals surface area contributed by atoms with E-state index in [0.29, 0.717) is 5.13 Å². The molecule has 6 nitrogen and oxygen atoms in total. The molecule has 0 aliphatic carbocycles. The molecule has 0 unspecified atom stereocenters. The smallest absolute Gasteiger partial charge is 0.223 e. The number of aromatic nitrogens is 2. The quantitative estimate of drug-likeness (QED) is 0.871. The Kier molecular flexibility index (Phi) is 6.34. The number of thiazole rings is 1. The van der Waals surface area contributed by atoms with Gasteiger partial charge in [-0.15, -0.1) is 11.3 Å². The molecule has 0 bridgehead atoms. The Morgan fingerprint density at radius 3 is 2.88 bits per heavy atom. The Bertz CT molecular complexity index is 741. The maximum atomic E-state index is 11.1. The number of amides is 1. The average Bonchev–Trinajstić information content (AvgIpc) is 2.84. The van der Waals surface area contributed by atoms with E-state index in [9.17, 15) is 4.79 Å². The molecule has 1 fully saturated rings. The second-order valence-corrected chi connectivity index (χ2v) is 7.97. The van der Waals surface area contributed by atoms with Crippen molar-refractivity contribution < 1.29 is 9.53 Å². The third kappa shape index (κ3) is 5.59. The van der Waals surface area contributed by atoms with Crippen LogP contribution in [-0.4, -0.2) is 46.6 Å². The molecule has 1 amide bonds. The van der Waals surface area contributed by atoms with Crippen LogP contribution in [0.4, 0.5) is 5.13 Å². The summed E-state index contributed by atoms with van der Waals surface area (Å²) >= 11 is 1.54. The van der Waals surface area contributed by atoms with Gasteiger partial charge in [0.05, 0.1) is 6.10 Å². The van der Waals surface area contributed by atoms with Crippen molar-refractivity contribution >= 4 is 22.4 Å². The summed E-state index contributed by atoms with van der Waals surface area (Å²) in [6.45, 7) is 9.11. The number of nitrogens with zero attached hydrogens (tertiary/aromatic N) is 3. The van der Waals surface area contributed by atoms with Gasteiger partial charge >= 0.3 is 0 Å². The molecular weight excluding hydrogens is 348 g/mol. The largest absolute Gasteiger partial charge is 0.376 e. The molecule has 0 aromatic carbocycles. The van der Waals surface area contributed by atoms with Gasteiger partial charge in [0.1, 0.15) is 0 Å². The average molecular weight is 375 g/mol. The lowest BCUT2D eigenvalue weighted by atomic mass is 10.1. The summed E-state index contributed by atoms with van der Waals surface area (Å²) in [7, 11) is 0. The fraction of sp³-hybridized carbons (Fsp3) is 0.526. The van der Waals surface area contributed by atoms with Gasteiger partial charge in [0, 0.05) is 62.0 Å². The van der Waals surface area contributed by atoms with Crippen LogP contribution in [-0.2, 0) is 22.5 Å². The van der Waals surface area contributed by atoms with Crippen LogP contribution in [0.3, 0.4) is 0 Å². The van der Waals surface area contributed by atoms with Gasteiger partial charge < -0.3 is 10.1 Å². The summed E-state index contributed by atoms with van der Waals surface area (Å²) in [6, 6.07) is 4.29. The van der Waals surface area contributed by atoms with Crippen LogP contribution in [0.2, 0.25) is 0 Å². The summed E-state index contributed by atoms with van der Waals surface area (Å²) in [5, 5.41) is 3.41. The van der Waals surface area contributed by atoms with E-state index in [4.69, 9.17) is 4.74 Å². The van der Waals surface area contributed by atoms with E-state index >= 15 is 0 Å². The van der Waals surface area contributed by atoms with E-state index in [1.807, 2.05) is 20.0 Å². The highest BCUT2D eigenvalue weighted by atomic mass is 32.1. The lowest BCUT2D eigenvalue weighted by Gasteiger charge is -2.23. The Morgan fingerprint density at radius 2 is 2.15 bits per heavy atom. The normalized spacial score (nSPS) is 18.5. The standard InChI is InChI=1S/C19H26N4O2S/c1-13-7-16(8-14(2)21-13)9-17-11-23(5-4-6-25-17)12-18-10-20-19(26-18)22-15(3)24/h7-8,10,17H,4-6,9,11-12H2,1-3H3,(H,20,22,24)/t17-/m0/s1. The first-order chi connectivity index (χ1) is 12.5. The highest BCUT2D eigenvalue weighted by molar-refractivity contribution is 7.15. The molecule has 0 saturated carbocycles. The molecule has 7 heteroatoms. The molecule has 1 N–H and O–H groups in total. The van der Waals surface area contributed by atoms with E-state index in [0.717, 1.165) is 55.3 Å². The van der Waals surface area contributed by atoms with Crippen molar-refractivity contribution in [2.24, 2.45) is 0 Å². The number of hydrogen-bond donors (Lipinski definition) is 1. The van der Waals surface area contributed by atoms with Gasteiger partial charge in [0.2, 0.25) is 5.91 Å². The minimum atomic E-state index is -0.0860. The maximum Gasteiger partial charge on any atom is 0.223 e. The number of pyridine rings is 1. The van der Waals surface area contributed by atoms with Gasteiger partial charge in [-0.05, 0) is 38.0 Å². The SMILES string of the molecule is CC(=O)Nc1ncc(CN2CCCO[C@@H](Cc3cc(C)nc(C)c3)C2)s1. The first-order valence-electron chi connectivity index (χ1n) is 8.98. The molecular formula is C19H26N4O2S. The molecule has 0 spiro atoms. The lowest BCUT2D eigenvalue weighted by molar-refractivity contribution is -0.114. The van der Waals surface area contributed by atoms with Crippen LogP contribution in [0.25, 0.3) is 0 Å². The van der Waals surface area contributed by atoms with Crippen LogP contribution in [0.5, 0.6) is 0 Å². The fourth-order valence-corrected chi connectivity index (χ4v) is 4.25. The minimum absolute atomic E-state index is 0.0860. The summed E-state index contributed by atoms with van der Waals surface area (Å²) in [5.74, 6) is -0.0860. The first-order valence-corrected chi connectivity index (χ1v) is 9.80. The zero-order valence-corrected chi connectivity index (χ0v) is 16.4. The first kappa shape index (κ1) is 18.9. The number of hydrogen-bond acceptors (Lipinski definition) is 6. The van der Waals surface area contributed by atoms with Gasteiger partial charge in [-0.25, -0.2) is 4.98 Å². The van der Waals surface area contributed by atoms with Crippen LogP contribution in [0.1, 0.15) is 35.2 Å². The summed E-state index contributed by atoms with van der Waals surface area (Å²) in [5.41, 5.74) is 3.40. The van der Waals surface area contributed by atoms with Crippen molar-refractivity contribution in [1.29, 1.82) is 0 Å². The van der Waals surface area contributed by atoms with E-state index in [1.165, 1.54) is 23.8 Å². The zero-order valence-electron chi connectivity index (χ0n) is 15.6. The Balaban J connectivity index is 1.61. The molecule has 3 rings (SSSR count). The zero-order chi connectivity index (χ0) is 18.5. The van der Waals surface area contributed by atoms with E-state index < -0.39 is 0 Å². The topological polar surface area (TPSA) is 67.4 Å². The number of rotatable bonds is 5. The molecule has 2 aromatic heterocycles. The predicted molar refractivity (Wildman–Crippen MR) is 103 cm³/mol. The highest BCUT2D eigenvalue weighted by Crippen LogP contribution is 2.21. The molecule has 2 aromatic rings. The molecule has 1 atom stereocenters. The third-order valence-corrected chi connectivity index (χ3v) is 5.15. The highest BCUT2D eigenvalue weighted by Gasteiger charge is 2.20. The number of ether oxygens (including phenoxy) is 1. The minimum Gasteiger partial charge on any atom is -0.376 e. The van der Waals surface area contributed by atoms with Crippen LogP contribution >= 0.6 is 11.3 Å². The van der Waals surface area contributed by atoms with Crippen molar-refractivity contribution in [3.8, 4) is 0 Å². The monoisotopic (exact) mass is 374 g/mol. The van der Waals surface area contributed by atoms with Gasteiger partial charge in [-0.1, -0.05) is 0 Å². The predicted octanol–water partition coefficient (Wildman–Crippen LogP) is 2.95.